The summed E-state index contributed by atoms with van der Waals surface area (Å²) in [6.45, 7) is 7.98. The van der Waals surface area contributed by atoms with Gasteiger partial charge in [0.1, 0.15) is 24.0 Å². The van der Waals surface area contributed by atoms with E-state index in [1.54, 1.807) is 12.3 Å². The van der Waals surface area contributed by atoms with E-state index in [0.29, 0.717) is 23.9 Å². The molecule has 0 amide bonds. The number of ether oxygens (including phenoxy) is 1. The maximum Gasteiger partial charge on any atom is 0.144 e. The third-order valence-electron chi connectivity index (χ3n) is 4.13. The molecule has 0 aliphatic heterocycles. The molecule has 9 heteroatoms. The molecule has 0 atom stereocenters. The Bertz CT molecular complexity index is 984. The first-order valence-electron chi connectivity index (χ1n) is 8.79. The Balaban J connectivity index is 1.87. The number of nitrogens with two attached hydrogens (primary N) is 1. The molecule has 0 aliphatic rings. The summed E-state index contributed by atoms with van der Waals surface area (Å²) in [5, 5.41) is 0.789. The van der Waals surface area contributed by atoms with E-state index in [1.165, 1.54) is 0 Å². The second-order valence-electron chi connectivity index (χ2n) is 7.72. The third-order valence-corrected chi connectivity index (χ3v) is 7.59. The van der Waals surface area contributed by atoms with E-state index in [-0.39, 0.29) is 10.6 Å². The summed E-state index contributed by atoms with van der Waals surface area (Å²) in [6.07, 6.45) is 3.51. The van der Waals surface area contributed by atoms with Gasteiger partial charge in [-0.2, -0.15) is 0 Å². The lowest BCUT2D eigenvalue weighted by Gasteiger charge is -2.15. The minimum Gasteiger partial charge on any atom is -0.399 e. The van der Waals surface area contributed by atoms with E-state index >= 15 is 0 Å². The molecule has 2 heterocycles. The van der Waals surface area contributed by atoms with Gasteiger partial charge in [-0.15, -0.1) is 0 Å². The second kappa shape index (κ2) is 8.52. The number of fused-ring (bicyclic) bond motifs is 1. The molecule has 4 nitrogen and oxygen atoms in total. The van der Waals surface area contributed by atoms with Gasteiger partial charge in [0.2, 0.25) is 0 Å². The van der Waals surface area contributed by atoms with Crippen LogP contribution in [0.1, 0.15) is 0 Å². The van der Waals surface area contributed by atoms with Crippen molar-refractivity contribution in [2.24, 2.45) is 0 Å². The summed E-state index contributed by atoms with van der Waals surface area (Å²) >= 11 is 4.56. The number of pyridine rings is 1. The Labute approximate surface area is 176 Å². The van der Waals surface area contributed by atoms with Crippen molar-refractivity contribution < 1.29 is 13.5 Å². The topological polar surface area (TPSA) is 53.1 Å². The van der Waals surface area contributed by atoms with E-state index in [4.69, 9.17) is 10.5 Å². The van der Waals surface area contributed by atoms with Crippen molar-refractivity contribution in [3.8, 4) is 0 Å². The van der Waals surface area contributed by atoms with Gasteiger partial charge >= 0.3 is 0 Å². The number of benzene rings is 1. The maximum atomic E-state index is 14.2. The molecule has 150 valence electrons. The van der Waals surface area contributed by atoms with Crippen molar-refractivity contribution in [3.63, 3.8) is 0 Å². The fourth-order valence-corrected chi connectivity index (χ4v) is 5.14. The first-order chi connectivity index (χ1) is 13.2. The predicted octanol–water partition coefficient (Wildman–Crippen LogP) is 6.12. The quantitative estimate of drug-likeness (QED) is 0.248. The van der Waals surface area contributed by atoms with E-state index < -0.39 is 19.7 Å². The average molecular weight is 486 g/mol. The minimum absolute atomic E-state index is 0.0574. The highest BCUT2D eigenvalue weighted by molar-refractivity contribution is 9.10. The Morgan fingerprint density at radius 1 is 1.25 bits per heavy atom. The largest absolute Gasteiger partial charge is 0.399 e. The molecule has 0 saturated heterocycles. The number of hydrogen-bond donors (Lipinski definition) is 1. The zero-order valence-electron chi connectivity index (χ0n) is 15.9. The van der Waals surface area contributed by atoms with Crippen molar-refractivity contribution in [3.05, 3.63) is 46.7 Å². The highest BCUT2D eigenvalue weighted by Gasteiger charge is 2.18. The lowest BCUT2D eigenvalue weighted by molar-refractivity contribution is 0.0898. The van der Waals surface area contributed by atoms with Gasteiger partial charge in [-0.25, -0.2) is 13.8 Å². The van der Waals surface area contributed by atoms with E-state index in [9.17, 15) is 8.78 Å². The van der Waals surface area contributed by atoms with Crippen LogP contribution in [0.4, 0.5) is 14.5 Å². The van der Waals surface area contributed by atoms with Gasteiger partial charge in [0.15, 0.2) is 0 Å². The lowest BCUT2D eigenvalue weighted by Crippen LogP contribution is -2.22. The van der Waals surface area contributed by atoms with E-state index in [2.05, 4.69) is 40.6 Å². The van der Waals surface area contributed by atoms with Gasteiger partial charge in [0, 0.05) is 47.5 Å². The zero-order chi connectivity index (χ0) is 20.5. The van der Waals surface area contributed by atoms with Crippen LogP contribution in [0.25, 0.3) is 11.0 Å². The van der Waals surface area contributed by atoms with Crippen LogP contribution in [-0.4, -0.2) is 24.2 Å². The highest BCUT2D eigenvalue weighted by atomic mass is 79.9. The molecule has 28 heavy (non-hydrogen) atoms. The summed E-state index contributed by atoms with van der Waals surface area (Å²) in [5.74, 6) is -1.37. The molecule has 0 radical (unpaired) electrons. The monoisotopic (exact) mass is 485 g/mol. The second-order valence-corrected chi connectivity index (χ2v) is 15.2. The van der Waals surface area contributed by atoms with Gasteiger partial charge in [0.25, 0.3) is 0 Å². The van der Waals surface area contributed by atoms with E-state index in [0.717, 1.165) is 39.8 Å². The van der Waals surface area contributed by atoms with Gasteiger partial charge in [-0.1, -0.05) is 31.4 Å². The summed E-state index contributed by atoms with van der Waals surface area (Å²) in [5.41, 5.74) is 6.26. The van der Waals surface area contributed by atoms with Crippen LogP contribution in [0.3, 0.4) is 0 Å². The number of nitrogen functional groups attached to an aromatic ring is 1. The summed E-state index contributed by atoms with van der Waals surface area (Å²) < 4.78 is 36.9. The maximum absolute atomic E-state index is 14.2. The van der Waals surface area contributed by atoms with Crippen LogP contribution in [0.2, 0.25) is 25.7 Å². The van der Waals surface area contributed by atoms with Crippen LogP contribution in [0.15, 0.2) is 44.9 Å². The number of rotatable bonds is 7. The van der Waals surface area contributed by atoms with Crippen LogP contribution in [0, 0.1) is 11.6 Å². The van der Waals surface area contributed by atoms with Crippen molar-refractivity contribution in [2.45, 2.75) is 42.2 Å². The molecule has 0 fully saturated rings. The normalized spacial score (nSPS) is 12.1. The highest BCUT2D eigenvalue weighted by Crippen LogP contribution is 2.39. The van der Waals surface area contributed by atoms with Crippen LogP contribution < -0.4 is 5.73 Å². The predicted molar refractivity (Wildman–Crippen MR) is 116 cm³/mol. The van der Waals surface area contributed by atoms with Crippen molar-refractivity contribution in [1.82, 2.24) is 9.55 Å². The fourth-order valence-electron chi connectivity index (χ4n) is 2.65. The van der Waals surface area contributed by atoms with Gasteiger partial charge in [0.05, 0.1) is 4.90 Å². The van der Waals surface area contributed by atoms with Crippen molar-refractivity contribution >= 4 is 52.5 Å². The Morgan fingerprint density at radius 3 is 2.57 bits per heavy atom. The Morgan fingerprint density at radius 2 is 1.93 bits per heavy atom. The van der Waals surface area contributed by atoms with Gasteiger partial charge < -0.3 is 15.0 Å². The van der Waals surface area contributed by atoms with Crippen LogP contribution in [-0.2, 0) is 11.5 Å². The number of anilines is 1. The molecule has 1 aromatic carbocycles. The molecule has 0 bridgehead atoms. The first kappa shape index (κ1) is 21.3. The summed E-state index contributed by atoms with van der Waals surface area (Å²) in [4.78, 5) is 5.04. The zero-order valence-corrected chi connectivity index (χ0v) is 19.3. The number of hydrogen-bond acceptors (Lipinski definition) is 4. The molecular formula is C19H22BrF2N3OSSi. The minimum atomic E-state index is -1.15. The number of halogens is 3. The number of aromatic nitrogens is 2. The molecule has 0 saturated carbocycles. The summed E-state index contributed by atoms with van der Waals surface area (Å²) in [6, 6.07) is 5.06. The van der Waals surface area contributed by atoms with Crippen molar-refractivity contribution in [2.75, 3.05) is 12.3 Å². The first-order valence-corrected chi connectivity index (χ1v) is 14.1. The molecular weight excluding hydrogens is 464 g/mol. The molecule has 0 aliphatic carbocycles. The van der Waals surface area contributed by atoms with Crippen LogP contribution in [0.5, 0.6) is 0 Å². The van der Waals surface area contributed by atoms with E-state index in [1.807, 2.05) is 10.8 Å². The molecule has 3 aromatic rings. The fraction of sp³-hybridized carbons (Fsp3) is 0.316. The van der Waals surface area contributed by atoms with Crippen LogP contribution >= 0.6 is 27.7 Å². The molecule has 0 spiro atoms. The third kappa shape index (κ3) is 4.94. The average Bonchev–Trinajstić information content (AvgIpc) is 2.91. The molecule has 2 N–H and O–H groups in total. The molecule has 0 unspecified atom stereocenters. The lowest BCUT2D eigenvalue weighted by atomic mass is 10.3. The Kier molecular flexibility index (Phi) is 6.48. The Hall–Kier alpha value is -1.42. The summed E-state index contributed by atoms with van der Waals surface area (Å²) in [7, 11) is -1.15. The number of nitrogens with zero attached hydrogens (tertiary/aromatic N) is 2. The molecule has 2 aromatic heterocycles. The van der Waals surface area contributed by atoms with Gasteiger partial charge in [-0.05, 0) is 40.2 Å². The standard InChI is InChI=1S/C19H22BrF2N3OSSi/c1-28(2,3)7-6-26-11-25-10-13(20)17-16(4-5-24-19(17)25)27-18-14(21)8-12(23)9-15(18)22/h4-5,8-10H,6-7,11,23H2,1-3H3. The van der Waals surface area contributed by atoms with Crippen molar-refractivity contribution in [1.29, 1.82) is 0 Å². The molecule has 3 rings (SSSR count). The smallest absolute Gasteiger partial charge is 0.144 e. The van der Waals surface area contributed by atoms with Gasteiger partial charge in [-0.3, -0.25) is 0 Å². The SMILES string of the molecule is C[Si](C)(C)CCOCn1cc(Br)c2c(Sc3c(F)cc(N)cc3F)ccnc21.